The number of carbonyl (C=O) groups excluding carboxylic acids is 1. The van der Waals surface area contributed by atoms with Crippen LogP contribution in [-0.2, 0) is 10.1 Å². The highest BCUT2D eigenvalue weighted by Crippen LogP contribution is 2.37. The number of nitrogens with zero attached hydrogens (tertiary/aromatic N) is 6. The second-order valence-corrected chi connectivity index (χ2v) is 12.2. The molecule has 14 nitrogen and oxygen atoms in total. The van der Waals surface area contributed by atoms with Crippen LogP contribution in [0.4, 0.5) is 34.6 Å². The average molecular weight is 666 g/mol. The van der Waals surface area contributed by atoms with Crippen molar-refractivity contribution in [2.45, 2.75) is 32.6 Å². The van der Waals surface area contributed by atoms with Crippen molar-refractivity contribution in [3.8, 4) is 5.75 Å². The quantitative estimate of drug-likeness (QED) is 0.0197. The summed E-state index contributed by atoms with van der Waals surface area (Å²) in [6.07, 6.45) is 0.662. The van der Waals surface area contributed by atoms with Crippen LogP contribution in [0.15, 0.2) is 99.1 Å². The van der Waals surface area contributed by atoms with Gasteiger partial charge in [-0.1, -0.05) is 54.1 Å². The van der Waals surface area contributed by atoms with Crippen molar-refractivity contribution in [2.24, 2.45) is 15.3 Å². The molecule has 5 aromatic rings. The van der Waals surface area contributed by atoms with Crippen LogP contribution in [0.2, 0.25) is 0 Å². The predicted octanol–water partition coefficient (Wildman–Crippen LogP) is 6.91. The van der Waals surface area contributed by atoms with Crippen LogP contribution < -0.4 is 16.1 Å². The molecular formula is C33H31N9O5S. The number of rotatable bonds is 10. The third-order valence-electron chi connectivity index (χ3n) is 6.88. The molecule has 0 atom stereocenters. The smallest absolute Gasteiger partial charge is 0.294 e. The summed E-state index contributed by atoms with van der Waals surface area (Å²) in [5.41, 5.74) is 7.10. The van der Waals surface area contributed by atoms with E-state index in [0.717, 1.165) is 34.5 Å². The molecule has 1 aromatic heterocycles. The van der Waals surface area contributed by atoms with Crippen LogP contribution >= 0.6 is 0 Å². The van der Waals surface area contributed by atoms with E-state index in [1.165, 1.54) is 0 Å². The first-order chi connectivity index (χ1) is 22.9. The maximum atomic E-state index is 12.2. The summed E-state index contributed by atoms with van der Waals surface area (Å²) in [6.45, 7) is 7.41. The fourth-order valence-corrected chi connectivity index (χ4v) is 5.05. The van der Waals surface area contributed by atoms with E-state index in [4.69, 9.17) is 0 Å². The summed E-state index contributed by atoms with van der Waals surface area (Å²) >= 11 is 0. The Kier molecular flexibility index (Phi) is 9.82. The molecular weight excluding hydrogens is 634 g/mol. The fraction of sp³-hybridized carbons (Fsp3) is 0.121. The Morgan fingerprint density at radius 3 is 2.10 bits per heavy atom. The normalized spacial score (nSPS) is 11.8. The van der Waals surface area contributed by atoms with Crippen molar-refractivity contribution in [2.75, 3.05) is 16.1 Å². The molecule has 4 aromatic carbocycles. The molecule has 0 amide bonds. The summed E-state index contributed by atoms with van der Waals surface area (Å²) in [5.74, 6) is 0.0801. The first kappa shape index (κ1) is 33.3. The van der Waals surface area contributed by atoms with E-state index in [9.17, 15) is 22.9 Å². The van der Waals surface area contributed by atoms with E-state index in [1.807, 2.05) is 39.0 Å². The van der Waals surface area contributed by atoms with Gasteiger partial charge in [-0.2, -0.15) is 28.5 Å². The first-order valence-electron chi connectivity index (χ1n) is 14.4. The Morgan fingerprint density at radius 1 is 0.792 bits per heavy atom. The van der Waals surface area contributed by atoms with Crippen LogP contribution in [0.1, 0.15) is 38.4 Å². The SMILES string of the molecule is Cc1ccc(Nc2nc(C)nc(Nc3cc(S(=O)(=O)O)cc(N/N=C(\N=Nc4cc(C)ccc4C=O)c4ccccc4)c3O)n2)c(C)c1. The lowest BCUT2D eigenvalue weighted by Gasteiger charge is -2.14. The number of aromatic hydroxyl groups is 1. The molecule has 5 N–H and O–H groups in total. The molecule has 48 heavy (non-hydrogen) atoms. The minimum atomic E-state index is -4.75. The third-order valence-corrected chi connectivity index (χ3v) is 7.71. The lowest BCUT2D eigenvalue weighted by Crippen LogP contribution is -2.08. The number of phenolic OH excluding ortho intramolecular Hbond substituents is 1. The van der Waals surface area contributed by atoms with Gasteiger partial charge in [0.2, 0.25) is 17.7 Å². The van der Waals surface area contributed by atoms with E-state index in [-0.39, 0.29) is 29.1 Å². The maximum absolute atomic E-state index is 12.2. The fourth-order valence-electron chi connectivity index (χ4n) is 4.51. The van der Waals surface area contributed by atoms with E-state index in [2.05, 4.69) is 46.3 Å². The summed E-state index contributed by atoms with van der Waals surface area (Å²) in [6, 6.07) is 21.7. The first-order valence-corrected chi connectivity index (χ1v) is 15.9. The number of aryl methyl sites for hydroxylation is 4. The van der Waals surface area contributed by atoms with Crippen molar-refractivity contribution in [1.82, 2.24) is 15.0 Å². The van der Waals surface area contributed by atoms with Crippen molar-refractivity contribution in [1.29, 1.82) is 0 Å². The molecule has 0 bridgehead atoms. The van der Waals surface area contributed by atoms with Gasteiger partial charge in [0, 0.05) is 16.8 Å². The Hall–Kier alpha value is -6.06. The second-order valence-electron chi connectivity index (χ2n) is 10.7. The highest BCUT2D eigenvalue weighted by Gasteiger charge is 2.19. The number of azo groups is 1. The molecule has 0 unspecified atom stereocenters. The predicted molar refractivity (Wildman–Crippen MR) is 183 cm³/mol. The number of carbonyl (C=O) groups is 1. The van der Waals surface area contributed by atoms with Crippen LogP contribution in [0.5, 0.6) is 5.75 Å². The molecule has 0 spiro atoms. The minimum Gasteiger partial charge on any atom is -0.504 e. The van der Waals surface area contributed by atoms with Gasteiger partial charge in [-0.3, -0.25) is 14.8 Å². The monoisotopic (exact) mass is 665 g/mol. The van der Waals surface area contributed by atoms with Crippen LogP contribution in [0, 0.1) is 27.7 Å². The van der Waals surface area contributed by atoms with Gasteiger partial charge in [0.15, 0.2) is 12.0 Å². The molecule has 0 fully saturated rings. The van der Waals surface area contributed by atoms with Gasteiger partial charge < -0.3 is 15.7 Å². The number of amidine groups is 1. The highest BCUT2D eigenvalue weighted by atomic mass is 32.2. The molecule has 0 saturated heterocycles. The number of hydrazone groups is 1. The summed E-state index contributed by atoms with van der Waals surface area (Å²) < 4.78 is 34.4. The molecule has 15 heteroatoms. The molecule has 5 rings (SSSR count). The number of aldehydes is 1. The van der Waals surface area contributed by atoms with Gasteiger partial charge in [0.1, 0.15) is 11.5 Å². The Morgan fingerprint density at radius 2 is 1.44 bits per heavy atom. The highest BCUT2D eigenvalue weighted by molar-refractivity contribution is 7.85. The number of benzene rings is 4. The minimum absolute atomic E-state index is 0.0186. The molecule has 0 radical (unpaired) electrons. The topological polar surface area (TPSA) is 204 Å². The molecule has 0 aliphatic rings. The summed E-state index contributed by atoms with van der Waals surface area (Å²) in [7, 11) is -4.75. The molecule has 0 aliphatic heterocycles. The Bertz CT molecular complexity index is 2170. The lowest BCUT2D eigenvalue weighted by molar-refractivity contribution is 0.112. The van der Waals surface area contributed by atoms with Crippen molar-refractivity contribution in [3.63, 3.8) is 0 Å². The van der Waals surface area contributed by atoms with E-state index >= 15 is 0 Å². The number of hydrogen-bond acceptors (Lipinski definition) is 12. The van der Waals surface area contributed by atoms with E-state index in [0.29, 0.717) is 28.9 Å². The van der Waals surface area contributed by atoms with Crippen molar-refractivity contribution < 1.29 is 22.9 Å². The van der Waals surface area contributed by atoms with Gasteiger partial charge in [-0.15, -0.1) is 10.2 Å². The van der Waals surface area contributed by atoms with E-state index in [1.54, 1.807) is 55.5 Å². The van der Waals surface area contributed by atoms with Gasteiger partial charge >= 0.3 is 0 Å². The second kappa shape index (κ2) is 14.1. The zero-order chi connectivity index (χ0) is 34.4. The number of nitrogens with one attached hydrogen (secondary N) is 3. The van der Waals surface area contributed by atoms with Crippen molar-refractivity contribution in [3.05, 3.63) is 113 Å². The summed E-state index contributed by atoms with van der Waals surface area (Å²) in [4.78, 5) is 24.0. The maximum Gasteiger partial charge on any atom is 0.294 e. The van der Waals surface area contributed by atoms with Crippen molar-refractivity contribution >= 4 is 56.9 Å². The van der Waals surface area contributed by atoms with Gasteiger partial charge in [0.25, 0.3) is 10.1 Å². The lowest BCUT2D eigenvalue weighted by atomic mass is 10.1. The van der Waals surface area contributed by atoms with Crippen LogP contribution in [0.3, 0.4) is 0 Å². The Balaban J connectivity index is 1.51. The van der Waals surface area contributed by atoms with Gasteiger partial charge in [0.05, 0.1) is 16.3 Å². The zero-order valence-electron chi connectivity index (χ0n) is 26.3. The zero-order valence-corrected chi connectivity index (χ0v) is 27.1. The molecule has 0 saturated carbocycles. The molecule has 0 aliphatic carbocycles. The van der Waals surface area contributed by atoms with Gasteiger partial charge in [-0.25, -0.2) is 0 Å². The molecule has 244 valence electrons. The third kappa shape index (κ3) is 8.20. The van der Waals surface area contributed by atoms with Gasteiger partial charge in [-0.05, 0) is 69.2 Å². The largest absolute Gasteiger partial charge is 0.504 e. The summed E-state index contributed by atoms with van der Waals surface area (Å²) in [5, 5.41) is 29.9. The standard InChI is InChI=1S/C33H31N9O5S/c1-19-11-13-26(21(3)14-19)36-32-34-22(4)35-33(38-32)37-28-16-25(48(45,46)47)17-29(30(28)44)40-42-31(23-8-6-5-7-9-23)41-39-27-15-20(2)10-12-24(27)18-43/h5-18,40,44H,1-4H3,(H,45,46,47)(H2,34,35,36,37,38)/b41-39?,42-31-. The van der Waals surface area contributed by atoms with Crippen LogP contribution in [0.25, 0.3) is 0 Å². The number of phenols is 1. The molecule has 1 heterocycles. The van der Waals surface area contributed by atoms with Crippen LogP contribution in [-0.4, -0.2) is 45.2 Å². The number of hydrogen-bond donors (Lipinski definition) is 5. The van der Waals surface area contributed by atoms with E-state index < -0.39 is 20.8 Å². The average Bonchev–Trinajstić information content (AvgIpc) is 3.03. The number of aromatic nitrogens is 3. The number of anilines is 5. The Labute approximate surface area is 276 Å².